The van der Waals surface area contributed by atoms with Gasteiger partial charge in [0, 0.05) is 40.6 Å². The molecule has 0 atom stereocenters. The molecule has 0 aliphatic rings. The van der Waals surface area contributed by atoms with Crippen molar-refractivity contribution in [2.24, 2.45) is 0 Å². The van der Waals surface area contributed by atoms with Gasteiger partial charge in [-0.2, -0.15) is 0 Å². The van der Waals surface area contributed by atoms with Crippen molar-refractivity contribution in [2.75, 3.05) is 5.32 Å². The van der Waals surface area contributed by atoms with E-state index in [9.17, 15) is 4.79 Å². The standard InChI is InChI=1S/C17H11N5OS2/c23-15(13-10-25-17(22-13)14-18-5-2-6-19-14)21-12-4-1-3-11(9-12)16-20-7-8-24-16/h1-10H,(H,21,23). The molecule has 1 N–H and O–H groups in total. The maximum Gasteiger partial charge on any atom is 0.275 e. The zero-order chi connectivity index (χ0) is 17.1. The van der Waals surface area contributed by atoms with Gasteiger partial charge < -0.3 is 5.32 Å². The summed E-state index contributed by atoms with van der Waals surface area (Å²) in [6.45, 7) is 0. The van der Waals surface area contributed by atoms with Crippen LogP contribution in [-0.4, -0.2) is 25.8 Å². The Hall–Kier alpha value is -2.97. The second-order valence-electron chi connectivity index (χ2n) is 4.98. The van der Waals surface area contributed by atoms with Gasteiger partial charge in [-0.25, -0.2) is 19.9 Å². The van der Waals surface area contributed by atoms with Crippen molar-refractivity contribution in [3.63, 3.8) is 0 Å². The van der Waals surface area contributed by atoms with E-state index in [0.29, 0.717) is 22.2 Å². The third kappa shape index (κ3) is 3.44. The van der Waals surface area contributed by atoms with Crippen molar-refractivity contribution in [3.05, 3.63) is 65.4 Å². The van der Waals surface area contributed by atoms with Crippen LogP contribution in [0.15, 0.2) is 59.7 Å². The lowest BCUT2D eigenvalue weighted by Gasteiger charge is -2.04. The van der Waals surface area contributed by atoms with E-state index in [2.05, 4.69) is 25.3 Å². The van der Waals surface area contributed by atoms with Crippen LogP contribution in [0.3, 0.4) is 0 Å². The van der Waals surface area contributed by atoms with Gasteiger partial charge in [0.15, 0.2) is 10.8 Å². The van der Waals surface area contributed by atoms with Crippen molar-refractivity contribution in [1.82, 2.24) is 19.9 Å². The highest BCUT2D eigenvalue weighted by molar-refractivity contribution is 7.13. The number of benzene rings is 1. The van der Waals surface area contributed by atoms with E-state index in [1.165, 1.54) is 11.3 Å². The maximum atomic E-state index is 12.4. The minimum absolute atomic E-state index is 0.269. The maximum absolute atomic E-state index is 12.4. The van der Waals surface area contributed by atoms with Crippen LogP contribution in [0.25, 0.3) is 21.4 Å². The summed E-state index contributed by atoms with van der Waals surface area (Å²) < 4.78 is 0. The summed E-state index contributed by atoms with van der Waals surface area (Å²) in [5.41, 5.74) is 2.00. The summed E-state index contributed by atoms with van der Waals surface area (Å²) in [6.07, 6.45) is 5.05. The van der Waals surface area contributed by atoms with E-state index in [0.717, 1.165) is 10.6 Å². The van der Waals surface area contributed by atoms with Gasteiger partial charge in [-0.05, 0) is 18.2 Å². The first-order chi connectivity index (χ1) is 12.3. The van der Waals surface area contributed by atoms with Gasteiger partial charge in [0.2, 0.25) is 0 Å². The van der Waals surface area contributed by atoms with E-state index < -0.39 is 0 Å². The summed E-state index contributed by atoms with van der Waals surface area (Å²) >= 11 is 2.89. The molecule has 0 saturated carbocycles. The molecule has 0 aliphatic heterocycles. The molecule has 0 bridgehead atoms. The number of carbonyl (C=O) groups excluding carboxylic acids is 1. The molecule has 0 unspecified atom stereocenters. The second kappa shape index (κ2) is 6.88. The topological polar surface area (TPSA) is 80.7 Å². The molecule has 8 heteroatoms. The van der Waals surface area contributed by atoms with Crippen LogP contribution in [0.5, 0.6) is 0 Å². The van der Waals surface area contributed by atoms with Crippen molar-refractivity contribution >= 4 is 34.3 Å². The SMILES string of the molecule is O=C(Nc1cccc(-c2nccs2)c1)c1csc(-c2ncccn2)n1. The van der Waals surface area contributed by atoms with Gasteiger partial charge in [0.25, 0.3) is 5.91 Å². The van der Waals surface area contributed by atoms with E-state index in [1.54, 1.807) is 41.4 Å². The summed E-state index contributed by atoms with van der Waals surface area (Å²) in [6, 6.07) is 9.31. The predicted molar refractivity (Wildman–Crippen MR) is 98.6 cm³/mol. The van der Waals surface area contributed by atoms with Crippen LogP contribution in [0.1, 0.15) is 10.5 Å². The number of carbonyl (C=O) groups is 1. The van der Waals surface area contributed by atoms with E-state index in [1.807, 2.05) is 29.6 Å². The Morgan fingerprint density at radius 3 is 2.64 bits per heavy atom. The number of nitrogens with one attached hydrogen (secondary N) is 1. The molecular weight excluding hydrogens is 354 g/mol. The molecule has 25 heavy (non-hydrogen) atoms. The molecule has 0 saturated heterocycles. The number of amides is 1. The molecule has 0 aliphatic carbocycles. The Morgan fingerprint density at radius 2 is 1.84 bits per heavy atom. The molecule has 3 aromatic heterocycles. The first kappa shape index (κ1) is 15.6. The van der Waals surface area contributed by atoms with Crippen LogP contribution in [0, 0.1) is 0 Å². The normalized spacial score (nSPS) is 10.6. The highest BCUT2D eigenvalue weighted by Crippen LogP contribution is 2.25. The Morgan fingerprint density at radius 1 is 0.960 bits per heavy atom. The van der Waals surface area contributed by atoms with E-state index in [-0.39, 0.29) is 5.91 Å². The molecular formula is C17H11N5OS2. The number of aromatic nitrogens is 4. The molecule has 4 rings (SSSR count). The Kier molecular flexibility index (Phi) is 4.28. The van der Waals surface area contributed by atoms with Gasteiger partial charge in [0.05, 0.1) is 0 Å². The Bertz CT molecular complexity index is 999. The second-order valence-corrected chi connectivity index (χ2v) is 6.74. The summed E-state index contributed by atoms with van der Waals surface area (Å²) in [5, 5.41) is 8.01. The lowest BCUT2D eigenvalue weighted by molar-refractivity contribution is 0.102. The minimum atomic E-state index is -0.269. The quantitative estimate of drug-likeness (QED) is 0.592. The van der Waals surface area contributed by atoms with Crippen LogP contribution >= 0.6 is 22.7 Å². The van der Waals surface area contributed by atoms with Gasteiger partial charge in [-0.3, -0.25) is 4.79 Å². The fourth-order valence-corrected chi connectivity index (χ4v) is 3.56. The molecule has 3 heterocycles. The average Bonchev–Trinajstić information content (AvgIpc) is 3.35. The average molecular weight is 365 g/mol. The number of nitrogens with zero attached hydrogens (tertiary/aromatic N) is 4. The summed E-state index contributed by atoms with van der Waals surface area (Å²) in [4.78, 5) is 29.3. The molecule has 0 spiro atoms. The van der Waals surface area contributed by atoms with Crippen LogP contribution in [0.2, 0.25) is 0 Å². The third-order valence-electron chi connectivity index (χ3n) is 3.29. The minimum Gasteiger partial charge on any atom is -0.321 e. The van der Waals surface area contributed by atoms with Crippen LogP contribution in [0.4, 0.5) is 5.69 Å². The van der Waals surface area contributed by atoms with Gasteiger partial charge >= 0.3 is 0 Å². The monoisotopic (exact) mass is 365 g/mol. The molecule has 122 valence electrons. The number of anilines is 1. The smallest absolute Gasteiger partial charge is 0.275 e. The number of hydrogen-bond acceptors (Lipinski definition) is 7. The molecule has 1 amide bonds. The lowest BCUT2D eigenvalue weighted by atomic mass is 10.2. The van der Waals surface area contributed by atoms with Gasteiger partial charge in [-0.15, -0.1) is 22.7 Å². The number of rotatable bonds is 4. The first-order valence-corrected chi connectivity index (χ1v) is 9.10. The number of hydrogen-bond donors (Lipinski definition) is 1. The predicted octanol–water partition coefficient (Wildman–Crippen LogP) is 3.98. The van der Waals surface area contributed by atoms with E-state index >= 15 is 0 Å². The van der Waals surface area contributed by atoms with Gasteiger partial charge in [-0.1, -0.05) is 12.1 Å². The molecule has 0 radical (unpaired) electrons. The fourth-order valence-electron chi connectivity index (χ4n) is 2.18. The summed E-state index contributed by atoms with van der Waals surface area (Å²) in [7, 11) is 0. The molecule has 4 aromatic rings. The number of thiazole rings is 2. The van der Waals surface area contributed by atoms with Crippen molar-refractivity contribution in [3.8, 4) is 21.4 Å². The Labute approximate surface area is 151 Å². The Balaban J connectivity index is 1.53. The van der Waals surface area contributed by atoms with Crippen molar-refractivity contribution < 1.29 is 4.79 Å². The molecule has 1 aromatic carbocycles. The van der Waals surface area contributed by atoms with Crippen molar-refractivity contribution in [2.45, 2.75) is 0 Å². The fraction of sp³-hybridized carbons (Fsp3) is 0. The van der Waals surface area contributed by atoms with Crippen LogP contribution < -0.4 is 5.32 Å². The molecule has 0 fully saturated rings. The molecule has 6 nitrogen and oxygen atoms in total. The van der Waals surface area contributed by atoms with E-state index in [4.69, 9.17) is 0 Å². The van der Waals surface area contributed by atoms with Crippen molar-refractivity contribution in [1.29, 1.82) is 0 Å². The third-order valence-corrected chi connectivity index (χ3v) is 4.95. The lowest BCUT2D eigenvalue weighted by Crippen LogP contribution is -2.12. The first-order valence-electron chi connectivity index (χ1n) is 7.34. The largest absolute Gasteiger partial charge is 0.321 e. The van der Waals surface area contributed by atoms with Gasteiger partial charge in [0.1, 0.15) is 10.7 Å². The summed E-state index contributed by atoms with van der Waals surface area (Å²) in [5.74, 6) is 0.243. The highest BCUT2D eigenvalue weighted by atomic mass is 32.1. The zero-order valence-electron chi connectivity index (χ0n) is 12.8. The highest BCUT2D eigenvalue weighted by Gasteiger charge is 2.14. The van der Waals surface area contributed by atoms with Crippen LogP contribution in [-0.2, 0) is 0 Å². The zero-order valence-corrected chi connectivity index (χ0v) is 14.4.